The van der Waals surface area contributed by atoms with Crippen molar-refractivity contribution in [1.29, 1.82) is 0 Å². The molecule has 0 aliphatic carbocycles. The molecule has 1 fully saturated rings. The standard InChI is InChI=1S/C23H22N2O6/c1-4-22(25-18(26)16-8-6-7-9-17(16)19(25)27)20(28)24(23(22,5-2)21(29)30)14-10-12-15(31-3)13-11-14/h6-13H,4-5H2,1-3H3,(H,29,30). The summed E-state index contributed by atoms with van der Waals surface area (Å²) in [6.07, 6.45) is -0.0224. The number of amides is 3. The Balaban J connectivity index is 1.90. The van der Waals surface area contributed by atoms with Crippen LogP contribution in [0.4, 0.5) is 5.69 Å². The van der Waals surface area contributed by atoms with E-state index in [1.807, 2.05) is 0 Å². The molecule has 1 N–H and O–H groups in total. The average molecular weight is 422 g/mol. The minimum absolute atomic E-state index is 0.00134. The van der Waals surface area contributed by atoms with Gasteiger partial charge in [0.1, 0.15) is 5.75 Å². The van der Waals surface area contributed by atoms with Crippen LogP contribution in [0.2, 0.25) is 0 Å². The normalized spacial score (nSPS) is 24.8. The van der Waals surface area contributed by atoms with Crippen molar-refractivity contribution in [2.45, 2.75) is 37.8 Å². The first kappa shape index (κ1) is 20.6. The molecule has 2 aromatic rings. The first-order chi connectivity index (χ1) is 14.8. The molecule has 31 heavy (non-hydrogen) atoms. The minimum atomic E-state index is -1.83. The van der Waals surface area contributed by atoms with Crippen LogP contribution in [0.5, 0.6) is 5.75 Å². The number of fused-ring (bicyclic) bond motifs is 1. The van der Waals surface area contributed by atoms with Crippen molar-refractivity contribution in [2.75, 3.05) is 12.0 Å². The molecule has 8 nitrogen and oxygen atoms in total. The number of carbonyl (C=O) groups is 4. The lowest BCUT2D eigenvalue weighted by molar-refractivity contribution is -0.168. The minimum Gasteiger partial charge on any atom is -0.497 e. The van der Waals surface area contributed by atoms with Crippen molar-refractivity contribution in [3.63, 3.8) is 0 Å². The number of rotatable bonds is 6. The summed E-state index contributed by atoms with van der Waals surface area (Å²) in [4.78, 5) is 54.9. The summed E-state index contributed by atoms with van der Waals surface area (Å²) in [7, 11) is 1.50. The van der Waals surface area contributed by atoms with Gasteiger partial charge in [0.2, 0.25) is 0 Å². The van der Waals surface area contributed by atoms with Crippen LogP contribution in [0, 0.1) is 0 Å². The highest BCUT2D eigenvalue weighted by molar-refractivity contribution is 6.29. The fraction of sp³-hybridized carbons (Fsp3) is 0.304. The summed E-state index contributed by atoms with van der Waals surface area (Å²) in [5, 5.41) is 10.4. The maximum absolute atomic E-state index is 13.7. The van der Waals surface area contributed by atoms with Crippen LogP contribution < -0.4 is 9.64 Å². The third-order valence-electron chi connectivity index (χ3n) is 6.51. The molecular formula is C23H22N2O6. The molecule has 0 spiro atoms. The van der Waals surface area contributed by atoms with Crippen LogP contribution in [0.15, 0.2) is 48.5 Å². The van der Waals surface area contributed by atoms with Gasteiger partial charge >= 0.3 is 5.97 Å². The van der Waals surface area contributed by atoms with Crippen LogP contribution >= 0.6 is 0 Å². The van der Waals surface area contributed by atoms with E-state index >= 15 is 0 Å². The van der Waals surface area contributed by atoms with Crippen molar-refractivity contribution in [2.24, 2.45) is 0 Å². The van der Waals surface area contributed by atoms with E-state index in [0.29, 0.717) is 11.4 Å². The maximum Gasteiger partial charge on any atom is 0.333 e. The van der Waals surface area contributed by atoms with Gasteiger partial charge in [-0.05, 0) is 49.2 Å². The van der Waals surface area contributed by atoms with Gasteiger partial charge in [-0.25, -0.2) is 4.79 Å². The largest absolute Gasteiger partial charge is 0.497 e. The monoisotopic (exact) mass is 422 g/mol. The lowest BCUT2D eigenvalue weighted by Crippen LogP contribution is -2.90. The molecule has 2 atom stereocenters. The molecule has 4 rings (SSSR count). The zero-order valence-corrected chi connectivity index (χ0v) is 17.4. The van der Waals surface area contributed by atoms with Crippen molar-refractivity contribution >= 4 is 29.4 Å². The lowest BCUT2D eigenvalue weighted by Gasteiger charge is -2.63. The zero-order valence-electron chi connectivity index (χ0n) is 17.4. The second kappa shape index (κ2) is 6.94. The van der Waals surface area contributed by atoms with Gasteiger partial charge in [0, 0.05) is 5.69 Å². The molecule has 0 radical (unpaired) electrons. The Morgan fingerprint density at radius 3 is 1.87 bits per heavy atom. The number of imide groups is 1. The summed E-state index contributed by atoms with van der Waals surface area (Å²) in [6, 6.07) is 12.7. The van der Waals surface area contributed by atoms with Gasteiger partial charge in [0.15, 0.2) is 11.1 Å². The number of carboxylic acid groups (broad SMARTS) is 1. The Bertz CT molecular complexity index is 1080. The smallest absolute Gasteiger partial charge is 0.333 e. The van der Waals surface area contributed by atoms with Crippen molar-refractivity contribution in [3.05, 3.63) is 59.7 Å². The van der Waals surface area contributed by atoms with E-state index in [2.05, 4.69) is 0 Å². The first-order valence-corrected chi connectivity index (χ1v) is 10.0. The Hall–Kier alpha value is -3.68. The predicted molar refractivity (Wildman–Crippen MR) is 111 cm³/mol. The number of anilines is 1. The molecule has 160 valence electrons. The Kier molecular flexibility index (Phi) is 4.61. The number of hydrogen-bond donors (Lipinski definition) is 1. The number of methoxy groups -OCH3 is 1. The Labute approximate surface area is 179 Å². The summed E-state index contributed by atoms with van der Waals surface area (Å²) >= 11 is 0. The van der Waals surface area contributed by atoms with Crippen molar-refractivity contribution in [3.8, 4) is 5.75 Å². The fourth-order valence-electron chi connectivity index (χ4n) is 5.03. The van der Waals surface area contributed by atoms with Crippen LogP contribution in [0.3, 0.4) is 0 Å². The van der Waals surface area contributed by atoms with E-state index in [-0.39, 0.29) is 24.0 Å². The summed E-state index contributed by atoms with van der Waals surface area (Å²) in [5.74, 6) is -2.62. The highest BCUT2D eigenvalue weighted by Gasteiger charge is 2.79. The number of aliphatic carboxylic acids is 1. The summed E-state index contributed by atoms with van der Waals surface area (Å²) in [5.41, 5.74) is -2.94. The van der Waals surface area contributed by atoms with Crippen LogP contribution in [0.1, 0.15) is 47.4 Å². The molecule has 1 saturated heterocycles. The Morgan fingerprint density at radius 2 is 1.45 bits per heavy atom. The van der Waals surface area contributed by atoms with Crippen molar-refractivity contribution in [1.82, 2.24) is 4.90 Å². The molecule has 8 heteroatoms. The number of carbonyl (C=O) groups excluding carboxylic acids is 3. The van der Waals surface area contributed by atoms with Crippen LogP contribution in [-0.2, 0) is 9.59 Å². The average Bonchev–Trinajstić information content (AvgIpc) is 3.03. The highest BCUT2D eigenvalue weighted by Crippen LogP contribution is 2.54. The van der Waals surface area contributed by atoms with E-state index < -0.39 is 34.8 Å². The quantitative estimate of drug-likeness (QED) is 0.567. The van der Waals surface area contributed by atoms with E-state index in [0.717, 1.165) is 4.90 Å². The first-order valence-electron chi connectivity index (χ1n) is 10.0. The van der Waals surface area contributed by atoms with E-state index in [1.54, 1.807) is 50.2 Å². The lowest BCUT2D eigenvalue weighted by atomic mass is 9.61. The molecular weight excluding hydrogens is 400 g/mol. The number of nitrogens with zero attached hydrogens (tertiary/aromatic N) is 2. The molecule has 2 heterocycles. The van der Waals surface area contributed by atoms with Gasteiger partial charge in [0.05, 0.1) is 18.2 Å². The topological polar surface area (TPSA) is 104 Å². The van der Waals surface area contributed by atoms with E-state index in [4.69, 9.17) is 4.74 Å². The van der Waals surface area contributed by atoms with Crippen LogP contribution in [0.25, 0.3) is 0 Å². The van der Waals surface area contributed by atoms with Gasteiger partial charge in [-0.15, -0.1) is 0 Å². The number of benzene rings is 2. The SMILES string of the molecule is CCC1(N2C(=O)c3ccccc3C2=O)C(=O)N(c2ccc(OC)cc2)C1(CC)C(=O)O. The zero-order chi connectivity index (χ0) is 22.6. The van der Waals surface area contributed by atoms with Gasteiger partial charge < -0.3 is 9.84 Å². The summed E-state index contributed by atoms with van der Waals surface area (Å²) in [6.45, 7) is 3.26. The number of ether oxygens (including phenoxy) is 1. The summed E-state index contributed by atoms with van der Waals surface area (Å²) < 4.78 is 5.14. The molecule has 2 aliphatic rings. The molecule has 2 aliphatic heterocycles. The van der Waals surface area contributed by atoms with Gasteiger partial charge in [-0.1, -0.05) is 26.0 Å². The molecule has 0 bridgehead atoms. The number of β-lactam (4-membered cyclic amide) rings is 1. The van der Waals surface area contributed by atoms with E-state index in [9.17, 15) is 24.3 Å². The third kappa shape index (κ3) is 2.30. The third-order valence-corrected chi connectivity index (χ3v) is 6.51. The second-order valence-corrected chi connectivity index (χ2v) is 7.56. The molecule has 2 aromatic carbocycles. The highest BCUT2D eigenvalue weighted by atomic mass is 16.5. The second-order valence-electron chi connectivity index (χ2n) is 7.56. The molecule has 0 saturated carbocycles. The fourth-order valence-corrected chi connectivity index (χ4v) is 5.03. The molecule has 0 aromatic heterocycles. The van der Waals surface area contributed by atoms with Crippen molar-refractivity contribution < 1.29 is 29.0 Å². The van der Waals surface area contributed by atoms with Gasteiger partial charge in [-0.2, -0.15) is 0 Å². The molecule has 2 unspecified atom stereocenters. The Morgan fingerprint density at radius 1 is 0.903 bits per heavy atom. The van der Waals surface area contributed by atoms with Gasteiger partial charge in [0.25, 0.3) is 17.7 Å². The molecule has 3 amide bonds. The number of carboxylic acids is 1. The maximum atomic E-state index is 13.7. The van der Waals surface area contributed by atoms with E-state index in [1.165, 1.54) is 24.1 Å². The number of hydrogen-bond acceptors (Lipinski definition) is 5. The van der Waals surface area contributed by atoms with Gasteiger partial charge in [-0.3, -0.25) is 24.2 Å². The predicted octanol–water partition coefficient (Wildman–Crippen LogP) is 2.72. The van der Waals surface area contributed by atoms with Crippen LogP contribution in [-0.4, -0.2) is 51.9 Å².